The first-order valence-electron chi connectivity index (χ1n) is 10.1. The van der Waals surface area contributed by atoms with Gasteiger partial charge in [0.1, 0.15) is 0 Å². The predicted octanol–water partition coefficient (Wildman–Crippen LogP) is 4.62. The largest absolute Gasteiger partial charge is 0.416 e. The number of halogens is 3. The third kappa shape index (κ3) is 4.48. The van der Waals surface area contributed by atoms with Crippen LogP contribution in [0.2, 0.25) is 0 Å². The highest BCUT2D eigenvalue weighted by molar-refractivity contribution is 6.07. The molecule has 2 aromatic carbocycles. The molecule has 0 radical (unpaired) electrons. The van der Waals surface area contributed by atoms with Gasteiger partial charge in [0.25, 0.3) is 0 Å². The Balaban J connectivity index is 1.63. The van der Waals surface area contributed by atoms with E-state index in [1.54, 1.807) is 6.07 Å². The average molecular weight is 416 g/mol. The fraction of sp³-hybridized carbons (Fsp3) is 0.364. The summed E-state index contributed by atoms with van der Waals surface area (Å²) in [6.07, 6.45) is -1.26. The first-order chi connectivity index (χ1) is 14.4. The Morgan fingerprint density at radius 2 is 1.73 bits per heavy atom. The van der Waals surface area contributed by atoms with Crippen LogP contribution in [0, 0.1) is 0 Å². The number of hydrazine groups is 1. The minimum absolute atomic E-state index is 0.273. The molecule has 0 aromatic heterocycles. The van der Waals surface area contributed by atoms with Crippen molar-refractivity contribution >= 4 is 11.7 Å². The molecule has 1 unspecified atom stereocenters. The first-order valence-corrected chi connectivity index (χ1v) is 10.1. The van der Waals surface area contributed by atoms with E-state index in [9.17, 15) is 18.0 Å². The van der Waals surface area contributed by atoms with Crippen molar-refractivity contribution < 1.29 is 18.0 Å². The van der Waals surface area contributed by atoms with Gasteiger partial charge in [-0.1, -0.05) is 48.9 Å². The van der Waals surface area contributed by atoms with E-state index in [0.29, 0.717) is 11.3 Å². The van der Waals surface area contributed by atoms with Crippen molar-refractivity contribution in [2.45, 2.75) is 31.4 Å². The smallest absolute Gasteiger partial charge is 0.269 e. The molecule has 2 heterocycles. The molecule has 2 aromatic rings. The number of carbonyl (C=O) groups excluding carboxylic acids is 1. The van der Waals surface area contributed by atoms with Gasteiger partial charge in [0.2, 0.25) is 0 Å². The molecule has 2 amide bonds. The monoisotopic (exact) mass is 416 g/mol. The maximum Gasteiger partial charge on any atom is 0.416 e. The van der Waals surface area contributed by atoms with Crippen LogP contribution in [0.4, 0.5) is 18.0 Å². The molecule has 0 spiro atoms. The zero-order chi connectivity index (χ0) is 21.1. The highest BCUT2D eigenvalue weighted by Crippen LogP contribution is 2.33. The summed E-state index contributed by atoms with van der Waals surface area (Å²) in [6.45, 7) is 1.84. The normalized spacial score (nSPS) is 20.2. The Bertz CT molecular complexity index is 923. The standard InChI is InChI=1S/C22H23F3N4O/c23-22(24,25)18-11-7-10-17(14-18)20-19(16-8-3-1-4-9-16)15-29(26-20)21(30)27-28-12-5-2-6-13-28/h1,3-4,7-11,14,19H,2,5-6,12-13,15H2,(H,27,30). The molecule has 0 bridgehead atoms. The van der Waals surface area contributed by atoms with E-state index in [1.807, 2.05) is 35.3 Å². The molecule has 1 saturated heterocycles. The van der Waals surface area contributed by atoms with Crippen molar-refractivity contribution in [2.75, 3.05) is 19.6 Å². The molecule has 158 valence electrons. The van der Waals surface area contributed by atoms with Crippen LogP contribution in [0.1, 0.15) is 41.9 Å². The molecular formula is C22H23F3N4O. The minimum Gasteiger partial charge on any atom is -0.269 e. The van der Waals surface area contributed by atoms with Gasteiger partial charge in [-0.25, -0.2) is 14.8 Å². The van der Waals surface area contributed by atoms with E-state index < -0.39 is 11.7 Å². The summed E-state index contributed by atoms with van der Waals surface area (Å²) < 4.78 is 39.7. The number of piperidine rings is 1. The Kier molecular flexibility index (Phi) is 5.76. The number of nitrogens with one attached hydrogen (secondary N) is 1. The summed E-state index contributed by atoms with van der Waals surface area (Å²) in [5.74, 6) is -0.304. The molecule has 30 heavy (non-hydrogen) atoms. The fourth-order valence-electron chi connectivity index (χ4n) is 3.89. The number of carbonyl (C=O) groups is 1. The number of nitrogens with zero attached hydrogens (tertiary/aromatic N) is 3. The highest BCUT2D eigenvalue weighted by atomic mass is 19.4. The van der Waals surface area contributed by atoms with Gasteiger partial charge in [-0.3, -0.25) is 5.43 Å². The summed E-state index contributed by atoms with van der Waals surface area (Å²) in [5.41, 5.74) is 3.87. The lowest BCUT2D eigenvalue weighted by Crippen LogP contribution is -2.49. The van der Waals surface area contributed by atoms with Gasteiger partial charge >= 0.3 is 12.2 Å². The van der Waals surface area contributed by atoms with Gasteiger partial charge < -0.3 is 0 Å². The van der Waals surface area contributed by atoms with Crippen molar-refractivity contribution in [3.8, 4) is 0 Å². The molecule has 1 N–H and O–H groups in total. The summed E-state index contributed by atoms with van der Waals surface area (Å²) >= 11 is 0. The number of benzene rings is 2. The van der Waals surface area contributed by atoms with Crippen LogP contribution < -0.4 is 5.43 Å². The van der Waals surface area contributed by atoms with E-state index >= 15 is 0 Å². The molecule has 1 atom stereocenters. The molecule has 1 fully saturated rings. The molecule has 4 rings (SSSR count). The predicted molar refractivity (Wildman–Crippen MR) is 108 cm³/mol. The lowest BCUT2D eigenvalue weighted by molar-refractivity contribution is -0.137. The van der Waals surface area contributed by atoms with E-state index in [1.165, 1.54) is 11.1 Å². The van der Waals surface area contributed by atoms with Crippen molar-refractivity contribution in [3.63, 3.8) is 0 Å². The van der Waals surface area contributed by atoms with E-state index in [4.69, 9.17) is 0 Å². The number of hydrogen-bond donors (Lipinski definition) is 1. The topological polar surface area (TPSA) is 47.9 Å². The zero-order valence-electron chi connectivity index (χ0n) is 16.4. The van der Waals surface area contributed by atoms with Gasteiger partial charge in [-0.15, -0.1) is 0 Å². The summed E-state index contributed by atoms with van der Waals surface area (Å²) in [5, 5.41) is 7.65. The number of rotatable bonds is 3. The van der Waals surface area contributed by atoms with Crippen molar-refractivity contribution in [1.29, 1.82) is 0 Å². The zero-order valence-corrected chi connectivity index (χ0v) is 16.4. The van der Waals surface area contributed by atoms with Crippen LogP contribution in [-0.2, 0) is 6.18 Å². The molecule has 2 aliphatic rings. The van der Waals surface area contributed by atoms with Crippen LogP contribution >= 0.6 is 0 Å². The van der Waals surface area contributed by atoms with Crippen LogP contribution in [-0.4, -0.2) is 41.4 Å². The number of hydrogen-bond acceptors (Lipinski definition) is 3. The minimum atomic E-state index is -4.44. The van der Waals surface area contributed by atoms with Gasteiger partial charge in [-0.05, 0) is 36.1 Å². The summed E-state index contributed by atoms with van der Waals surface area (Å²) in [4.78, 5) is 12.8. The number of alkyl halides is 3. The SMILES string of the molecule is O=C(NN1CCCCC1)N1CC(c2ccccc2)C(c2cccc(C(F)(F)F)c2)=N1. The Morgan fingerprint density at radius 1 is 1.00 bits per heavy atom. The van der Waals surface area contributed by atoms with Gasteiger partial charge in [-0.2, -0.15) is 18.3 Å². The van der Waals surface area contributed by atoms with E-state index in [-0.39, 0.29) is 18.5 Å². The van der Waals surface area contributed by atoms with Crippen molar-refractivity contribution in [1.82, 2.24) is 15.4 Å². The Hall–Kier alpha value is -2.87. The Labute approximate surface area is 173 Å². The molecule has 8 heteroatoms. The first kappa shape index (κ1) is 20.4. The van der Waals surface area contributed by atoms with Crippen LogP contribution in [0.5, 0.6) is 0 Å². The number of amides is 2. The molecule has 0 aliphatic carbocycles. The van der Waals surface area contributed by atoms with E-state index in [0.717, 1.165) is 50.0 Å². The maximum atomic E-state index is 13.2. The lowest BCUT2D eigenvalue weighted by Gasteiger charge is -2.28. The van der Waals surface area contributed by atoms with Crippen LogP contribution in [0.3, 0.4) is 0 Å². The van der Waals surface area contributed by atoms with Gasteiger partial charge in [0.05, 0.1) is 17.8 Å². The molecular weight excluding hydrogens is 393 g/mol. The van der Waals surface area contributed by atoms with Gasteiger partial charge in [0, 0.05) is 19.0 Å². The number of urea groups is 1. The van der Waals surface area contributed by atoms with Crippen molar-refractivity contribution in [3.05, 3.63) is 71.3 Å². The summed E-state index contributed by atoms with van der Waals surface area (Å²) in [7, 11) is 0. The second-order valence-corrected chi connectivity index (χ2v) is 7.57. The van der Waals surface area contributed by atoms with Crippen molar-refractivity contribution in [2.24, 2.45) is 5.10 Å². The number of hydrazone groups is 1. The molecule has 5 nitrogen and oxygen atoms in total. The highest BCUT2D eigenvalue weighted by Gasteiger charge is 2.35. The van der Waals surface area contributed by atoms with Crippen LogP contribution in [0.15, 0.2) is 59.7 Å². The maximum absolute atomic E-state index is 13.2. The molecule has 0 saturated carbocycles. The second kappa shape index (κ2) is 8.47. The fourth-order valence-corrected chi connectivity index (χ4v) is 3.89. The summed E-state index contributed by atoms with van der Waals surface area (Å²) in [6, 6.07) is 14.2. The Morgan fingerprint density at radius 3 is 2.43 bits per heavy atom. The third-order valence-corrected chi connectivity index (χ3v) is 5.45. The van der Waals surface area contributed by atoms with E-state index in [2.05, 4.69) is 10.5 Å². The lowest BCUT2D eigenvalue weighted by atomic mass is 9.90. The molecule has 2 aliphatic heterocycles. The third-order valence-electron chi connectivity index (χ3n) is 5.45. The second-order valence-electron chi connectivity index (χ2n) is 7.57. The van der Waals surface area contributed by atoms with Gasteiger partial charge in [0.15, 0.2) is 0 Å². The average Bonchev–Trinajstić information content (AvgIpc) is 3.20. The van der Waals surface area contributed by atoms with Crippen LogP contribution in [0.25, 0.3) is 0 Å². The quantitative estimate of drug-likeness (QED) is 0.794.